The third-order valence-corrected chi connectivity index (χ3v) is 8.86. The van der Waals surface area contributed by atoms with Crippen molar-refractivity contribution in [1.82, 2.24) is 14.9 Å². The van der Waals surface area contributed by atoms with Crippen molar-refractivity contribution in [2.24, 2.45) is 5.92 Å². The van der Waals surface area contributed by atoms with Gasteiger partial charge in [0.15, 0.2) is 0 Å². The predicted molar refractivity (Wildman–Crippen MR) is 157 cm³/mol. The number of aliphatic hydroxyl groups excluding tert-OH is 1. The van der Waals surface area contributed by atoms with Crippen LogP contribution >= 0.6 is 22.7 Å². The van der Waals surface area contributed by atoms with Gasteiger partial charge < -0.3 is 19.5 Å². The zero-order valence-electron chi connectivity index (χ0n) is 24.5. The van der Waals surface area contributed by atoms with Gasteiger partial charge in [-0.05, 0) is 57.2 Å². The molecular weight excluding hydrogens is 546 g/mol. The summed E-state index contributed by atoms with van der Waals surface area (Å²) in [5, 5.41) is 13.8. The van der Waals surface area contributed by atoms with Crippen LogP contribution in [0.2, 0.25) is 0 Å². The number of aryl methyl sites for hydroxylation is 1. The number of aliphatic hydroxyl groups is 1. The highest BCUT2D eigenvalue weighted by molar-refractivity contribution is 7.11. The van der Waals surface area contributed by atoms with Gasteiger partial charge in [0.1, 0.15) is 21.9 Å². The van der Waals surface area contributed by atoms with Gasteiger partial charge >= 0.3 is 5.97 Å². The summed E-state index contributed by atoms with van der Waals surface area (Å²) in [5.74, 6) is -0.704. The number of carbonyl (C=O) groups excluding carboxylic acids is 2. The number of esters is 1. The fourth-order valence-electron chi connectivity index (χ4n) is 5.38. The van der Waals surface area contributed by atoms with E-state index in [0.29, 0.717) is 21.3 Å². The SMILES string of the molecule is COc1cc(C(=O)N2[C@@H](c3ncc(C)s3)[C@@H](CO)C[C@@]2(Cc2nccs2)C(=O)OC(C)(C)C)ccc1C(C)(C)C. The van der Waals surface area contributed by atoms with E-state index in [1.165, 1.54) is 22.7 Å². The first-order chi connectivity index (χ1) is 18.7. The fourth-order valence-corrected chi connectivity index (χ4v) is 7.07. The number of benzene rings is 1. The Morgan fingerprint density at radius 2 is 1.90 bits per heavy atom. The number of amides is 1. The average molecular weight is 586 g/mol. The van der Waals surface area contributed by atoms with Crippen molar-refractivity contribution in [2.75, 3.05) is 13.7 Å². The number of rotatable bonds is 7. The molecule has 3 atom stereocenters. The van der Waals surface area contributed by atoms with Crippen molar-refractivity contribution < 1.29 is 24.2 Å². The van der Waals surface area contributed by atoms with E-state index in [0.717, 1.165) is 10.4 Å². The molecule has 40 heavy (non-hydrogen) atoms. The quantitative estimate of drug-likeness (QED) is 0.353. The Kier molecular flexibility index (Phi) is 8.45. The second-order valence-electron chi connectivity index (χ2n) is 12.4. The Bertz CT molecular complexity index is 1360. The molecule has 0 saturated carbocycles. The van der Waals surface area contributed by atoms with E-state index in [2.05, 4.69) is 30.7 Å². The predicted octanol–water partition coefficient (Wildman–Crippen LogP) is 5.73. The van der Waals surface area contributed by atoms with E-state index in [1.807, 2.05) is 39.1 Å². The summed E-state index contributed by atoms with van der Waals surface area (Å²) in [6.45, 7) is 13.4. The zero-order chi connectivity index (χ0) is 29.5. The summed E-state index contributed by atoms with van der Waals surface area (Å²) in [6, 6.07) is 4.80. The zero-order valence-corrected chi connectivity index (χ0v) is 26.1. The van der Waals surface area contributed by atoms with Gasteiger partial charge in [0.2, 0.25) is 0 Å². The van der Waals surface area contributed by atoms with Crippen molar-refractivity contribution in [3.05, 3.63) is 62.0 Å². The molecule has 0 radical (unpaired) electrons. The van der Waals surface area contributed by atoms with Crippen LogP contribution in [0.25, 0.3) is 0 Å². The molecule has 10 heteroatoms. The normalized spacial score (nSPS) is 21.5. The lowest BCUT2D eigenvalue weighted by molar-refractivity contribution is -0.167. The molecule has 0 aliphatic carbocycles. The Labute approximate surface area is 244 Å². The van der Waals surface area contributed by atoms with Gasteiger partial charge in [0.25, 0.3) is 5.91 Å². The van der Waals surface area contributed by atoms with E-state index in [-0.39, 0.29) is 30.8 Å². The lowest BCUT2D eigenvalue weighted by Gasteiger charge is -2.40. The molecule has 3 heterocycles. The molecule has 0 bridgehead atoms. The Morgan fingerprint density at radius 1 is 1.18 bits per heavy atom. The molecule has 216 valence electrons. The molecule has 1 aliphatic heterocycles. The van der Waals surface area contributed by atoms with Crippen LogP contribution < -0.4 is 4.74 Å². The number of nitrogens with zero attached hydrogens (tertiary/aromatic N) is 3. The fraction of sp³-hybridized carbons (Fsp3) is 0.533. The van der Waals surface area contributed by atoms with Crippen LogP contribution in [-0.4, -0.2) is 56.7 Å². The van der Waals surface area contributed by atoms with Gasteiger partial charge in [0.05, 0.1) is 18.2 Å². The summed E-state index contributed by atoms with van der Waals surface area (Å²) < 4.78 is 11.7. The van der Waals surface area contributed by atoms with E-state index in [4.69, 9.17) is 9.47 Å². The van der Waals surface area contributed by atoms with Crippen molar-refractivity contribution in [3.8, 4) is 5.75 Å². The summed E-state index contributed by atoms with van der Waals surface area (Å²) in [7, 11) is 1.59. The van der Waals surface area contributed by atoms with E-state index < -0.39 is 29.1 Å². The smallest absolute Gasteiger partial charge is 0.333 e. The second kappa shape index (κ2) is 11.2. The molecule has 2 aromatic heterocycles. The van der Waals surface area contributed by atoms with Crippen molar-refractivity contribution in [1.29, 1.82) is 0 Å². The molecule has 1 fully saturated rings. The van der Waals surface area contributed by atoms with Crippen molar-refractivity contribution in [3.63, 3.8) is 0 Å². The highest BCUT2D eigenvalue weighted by atomic mass is 32.1. The van der Waals surface area contributed by atoms with Crippen molar-refractivity contribution in [2.45, 2.75) is 83.9 Å². The lowest BCUT2D eigenvalue weighted by Crippen LogP contribution is -2.57. The summed E-state index contributed by atoms with van der Waals surface area (Å²) in [5.41, 5.74) is -1.04. The minimum atomic E-state index is -1.41. The molecule has 0 spiro atoms. The van der Waals surface area contributed by atoms with Crippen LogP contribution in [0.4, 0.5) is 0 Å². The van der Waals surface area contributed by atoms with Gasteiger partial charge in [-0.2, -0.15) is 0 Å². The second-order valence-corrected chi connectivity index (χ2v) is 14.6. The van der Waals surface area contributed by atoms with Crippen LogP contribution in [0, 0.1) is 12.8 Å². The van der Waals surface area contributed by atoms with E-state index in [9.17, 15) is 14.7 Å². The minimum absolute atomic E-state index is 0.167. The maximum atomic E-state index is 14.7. The van der Waals surface area contributed by atoms with Crippen LogP contribution in [0.3, 0.4) is 0 Å². The number of ether oxygens (including phenoxy) is 2. The number of hydrogen-bond donors (Lipinski definition) is 1. The molecule has 1 N–H and O–H groups in total. The standard InChI is InChI=1S/C30H39N3O5S2/c1-18-16-32-25(40-18)24-20(17-34)14-30(15-23-31-11-12-39-23,27(36)38-29(5,6)7)33(24)26(35)19-9-10-21(28(2,3)4)22(13-19)37-8/h9-13,16,20,24,34H,14-15,17H2,1-8H3/t20-,24-,30-/m1/s1. The molecule has 4 rings (SSSR count). The molecule has 0 unspecified atom stereocenters. The summed E-state index contributed by atoms with van der Waals surface area (Å²) >= 11 is 2.88. The Morgan fingerprint density at radius 3 is 2.42 bits per heavy atom. The lowest BCUT2D eigenvalue weighted by atomic mass is 9.85. The largest absolute Gasteiger partial charge is 0.496 e. The first kappa shape index (κ1) is 30.1. The number of aromatic nitrogens is 2. The average Bonchev–Trinajstić information content (AvgIpc) is 3.61. The Hall–Kier alpha value is -2.82. The molecule has 1 saturated heterocycles. The van der Waals surface area contributed by atoms with Gasteiger partial charge in [-0.1, -0.05) is 26.8 Å². The highest BCUT2D eigenvalue weighted by Gasteiger charge is 2.61. The van der Waals surface area contributed by atoms with Crippen LogP contribution in [0.15, 0.2) is 36.0 Å². The molecule has 1 aliphatic rings. The van der Waals surface area contributed by atoms with Gasteiger partial charge in [-0.15, -0.1) is 22.7 Å². The maximum Gasteiger partial charge on any atom is 0.333 e. The van der Waals surface area contributed by atoms with E-state index >= 15 is 0 Å². The highest BCUT2D eigenvalue weighted by Crippen LogP contribution is 2.51. The van der Waals surface area contributed by atoms with Crippen LogP contribution in [-0.2, 0) is 21.4 Å². The van der Waals surface area contributed by atoms with Crippen LogP contribution in [0.5, 0.6) is 5.75 Å². The molecular formula is C30H39N3O5S2. The third-order valence-electron chi connectivity index (χ3n) is 7.09. The summed E-state index contributed by atoms with van der Waals surface area (Å²) in [6.07, 6.45) is 3.82. The topological polar surface area (TPSA) is 102 Å². The van der Waals surface area contributed by atoms with Gasteiger partial charge in [-0.25, -0.2) is 14.8 Å². The number of likely N-dealkylation sites (tertiary alicyclic amines) is 1. The Balaban J connectivity index is 1.94. The first-order valence-electron chi connectivity index (χ1n) is 13.4. The first-order valence-corrected chi connectivity index (χ1v) is 15.1. The number of methoxy groups -OCH3 is 1. The van der Waals surface area contributed by atoms with Gasteiger partial charge in [0, 0.05) is 47.2 Å². The summed E-state index contributed by atoms with van der Waals surface area (Å²) in [4.78, 5) is 40.6. The third kappa shape index (κ3) is 5.94. The molecule has 1 amide bonds. The van der Waals surface area contributed by atoms with E-state index in [1.54, 1.807) is 36.5 Å². The number of carbonyl (C=O) groups is 2. The van der Waals surface area contributed by atoms with Crippen molar-refractivity contribution >= 4 is 34.6 Å². The minimum Gasteiger partial charge on any atom is -0.496 e. The molecule has 1 aromatic carbocycles. The maximum absolute atomic E-state index is 14.7. The van der Waals surface area contributed by atoms with Crippen LogP contribution in [0.1, 0.15) is 84.8 Å². The monoisotopic (exact) mass is 585 g/mol. The number of thiazole rings is 2. The molecule has 8 nitrogen and oxygen atoms in total. The molecule has 3 aromatic rings. The van der Waals surface area contributed by atoms with Gasteiger partial charge in [-0.3, -0.25) is 4.79 Å². The number of hydrogen-bond acceptors (Lipinski definition) is 9.